The van der Waals surface area contributed by atoms with Crippen LogP contribution < -0.4 is 5.32 Å². The Hall–Kier alpha value is -0.530. The van der Waals surface area contributed by atoms with Gasteiger partial charge < -0.3 is 5.32 Å². The van der Waals surface area contributed by atoms with Crippen molar-refractivity contribution >= 4 is 11.6 Å². The van der Waals surface area contributed by atoms with Crippen molar-refractivity contribution in [1.82, 2.24) is 5.32 Å². The predicted octanol–water partition coefficient (Wildman–Crippen LogP) is 5.43. The average Bonchev–Trinajstić information content (AvgIpc) is 2.38. The summed E-state index contributed by atoms with van der Waals surface area (Å²) in [6.45, 7) is 12.1. The summed E-state index contributed by atoms with van der Waals surface area (Å²) in [5, 5.41) is 4.56. The van der Waals surface area contributed by atoms with E-state index in [0.29, 0.717) is 12.0 Å². The number of nitrogens with one attached hydrogen (secondary N) is 1. The number of benzene rings is 1. The van der Waals surface area contributed by atoms with Gasteiger partial charge in [0.05, 0.1) is 0 Å². The third kappa shape index (κ3) is 4.81. The summed E-state index contributed by atoms with van der Waals surface area (Å²) in [6.07, 6.45) is 3.52. The van der Waals surface area contributed by atoms with Gasteiger partial charge in [-0.15, -0.1) is 0 Å². The van der Waals surface area contributed by atoms with Gasteiger partial charge in [0, 0.05) is 11.1 Å². The summed E-state index contributed by atoms with van der Waals surface area (Å²) < 4.78 is 0. The molecule has 1 N–H and O–H groups in total. The van der Waals surface area contributed by atoms with Crippen molar-refractivity contribution in [2.75, 3.05) is 6.54 Å². The summed E-state index contributed by atoms with van der Waals surface area (Å²) in [5.74, 6) is 0.715. The molecule has 0 aliphatic carbocycles. The van der Waals surface area contributed by atoms with E-state index in [1.165, 1.54) is 23.1 Å². The van der Waals surface area contributed by atoms with Crippen LogP contribution in [0.5, 0.6) is 0 Å². The standard InChI is InChI=1S/C17H28ClN/c1-6-8-19-17(9-12(3)7-2)15-10-13(4)14(5)11-16(15)18/h10-12,17,19H,6-9H2,1-5H3. The van der Waals surface area contributed by atoms with E-state index in [9.17, 15) is 0 Å². The highest BCUT2D eigenvalue weighted by Crippen LogP contribution is 2.31. The highest BCUT2D eigenvalue weighted by atomic mass is 35.5. The van der Waals surface area contributed by atoms with Crippen LogP contribution in [0.2, 0.25) is 5.02 Å². The molecule has 0 bridgehead atoms. The zero-order chi connectivity index (χ0) is 14.4. The number of aryl methyl sites for hydroxylation is 2. The Morgan fingerprint density at radius 3 is 2.37 bits per heavy atom. The van der Waals surface area contributed by atoms with Crippen LogP contribution in [0.25, 0.3) is 0 Å². The van der Waals surface area contributed by atoms with E-state index >= 15 is 0 Å². The molecule has 1 aromatic rings. The molecule has 0 amide bonds. The maximum atomic E-state index is 6.46. The Bertz CT molecular complexity index is 400. The van der Waals surface area contributed by atoms with Crippen molar-refractivity contribution in [2.45, 2.75) is 59.9 Å². The molecule has 0 spiro atoms. The fraction of sp³-hybridized carbons (Fsp3) is 0.647. The van der Waals surface area contributed by atoms with Crippen LogP contribution in [0, 0.1) is 19.8 Å². The monoisotopic (exact) mass is 281 g/mol. The van der Waals surface area contributed by atoms with E-state index in [-0.39, 0.29) is 0 Å². The third-order valence-corrected chi connectivity index (χ3v) is 4.29. The lowest BCUT2D eigenvalue weighted by molar-refractivity contribution is 0.402. The molecule has 0 fully saturated rings. The number of rotatable bonds is 7. The first-order valence-corrected chi connectivity index (χ1v) is 7.87. The van der Waals surface area contributed by atoms with E-state index in [1.807, 2.05) is 0 Å². The number of hydrogen-bond donors (Lipinski definition) is 1. The van der Waals surface area contributed by atoms with Crippen molar-refractivity contribution in [3.05, 3.63) is 33.8 Å². The van der Waals surface area contributed by atoms with Gasteiger partial charge >= 0.3 is 0 Å². The van der Waals surface area contributed by atoms with Crippen molar-refractivity contribution in [3.63, 3.8) is 0 Å². The molecule has 0 saturated heterocycles. The van der Waals surface area contributed by atoms with Crippen molar-refractivity contribution in [1.29, 1.82) is 0 Å². The highest BCUT2D eigenvalue weighted by Gasteiger charge is 2.17. The summed E-state index contributed by atoms with van der Waals surface area (Å²) >= 11 is 6.46. The molecular weight excluding hydrogens is 254 g/mol. The maximum Gasteiger partial charge on any atom is 0.0456 e. The SMILES string of the molecule is CCCNC(CC(C)CC)c1cc(C)c(C)cc1Cl. The first-order chi connectivity index (χ1) is 8.99. The van der Waals surface area contributed by atoms with Crippen LogP contribution in [0.1, 0.15) is 62.8 Å². The third-order valence-electron chi connectivity index (χ3n) is 3.96. The van der Waals surface area contributed by atoms with Gasteiger partial charge in [0.25, 0.3) is 0 Å². The topological polar surface area (TPSA) is 12.0 Å². The summed E-state index contributed by atoms with van der Waals surface area (Å²) in [5.41, 5.74) is 3.86. The Balaban J connectivity index is 2.98. The fourth-order valence-corrected chi connectivity index (χ4v) is 2.63. The second kappa shape index (κ2) is 7.91. The molecule has 2 heteroatoms. The maximum absolute atomic E-state index is 6.46. The van der Waals surface area contributed by atoms with Gasteiger partial charge in [-0.2, -0.15) is 0 Å². The van der Waals surface area contributed by atoms with Gasteiger partial charge in [0.1, 0.15) is 0 Å². The Labute approximate surface area is 123 Å². The van der Waals surface area contributed by atoms with Gasteiger partial charge in [-0.1, -0.05) is 44.9 Å². The molecular formula is C17H28ClN. The predicted molar refractivity (Wildman–Crippen MR) is 86.0 cm³/mol. The smallest absolute Gasteiger partial charge is 0.0456 e. The molecule has 1 rings (SSSR count). The lowest BCUT2D eigenvalue weighted by Crippen LogP contribution is -2.24. The molecule has 1 aromatic carbocycles. The molecule has 2 unspecified atom stereocenters. The zero-order valence-electron chi connectivity index (χ0n) is 13.0. The van der Waals surface area contributed by atoms with Crippen LogP contribution in [-0.4, -0.2) is 6.54 Å². The van der Waals surface area contributed by atoms with Crippen LogP contribution in [0.15, 0.2) is 12.1 Å². The second-order valence-electron chi connectivity index (χ2n) is 5.71. The molecule has 19 heavy (non-hydrogen) atoms. The summed E-state index contributed by atoms with van der Waals surface area (Å²) in [6, 6.07) is 4.73. The van der Waals surface area contributed by atoms with Gasteiger partial charge in [0.15, 0.2) is 0 Å². The molecule has 108 valence electrons. The van der Waals surface area contributed by atoms with Gasteiger partial charge in [-0.25, -0.2) is 0 Å². The first-order valence-electron chi connectivity index (χ1n) is 7.49. The highest BCUT2D eigenvalue weighted by molar-refractivity contribution is 6.31. The lowest BCUT2D eigenvalue weighted by Gasteiger charge is -2.24. The van der Waals surface area contributed by atoms with Crippen molar-refractivity contribution in [2.24, 2.45) is 5.92 Å². The van der Waals surface area contributed by atoms with Crippen LogP contribution in [0.3, 0.4) is 0 Å². The van der Waals surface area contributed by atoms with E-state index in [4.69, 9.17) is 11.6 Å². The quantitative estimate of drug-likeness (QED) is 0.702. The molecule has 0 heterocycles. The second-order valence-corrected chi connectivity index (χ2v) is 6.12. The molecule has 2 atom stereocenters. The summed E-state index contributed by atoms with van der Waals surface area (Å²) in [4.78, 5) is 0. The zero-order valence-corrected chi connectivity index (χ0v) is 13.8. The van der Waals surface area contributed by atoms with Gasteiger partial charge in [-0.3, -0.25) is 0 Å². The number of hydrogen-bond acceptors (Lipinski definition) is 1. The van der Waals surface area contributed by atoms with E-state index in [0.717, 1.165) is 24.4 Å². The van der Waals surface area contributed by atoms with E-state index in [2.05, 4.69) is 52.1 Å². The molecule has 0 radical (unpaired) electrons. The minimum absolute atomic E-state index is 0.377. The molecule has 0 aromatic heterocycles. The van der Waals surface area contributed by atoms with E-state index in [1.54, 1.807) is 0 Å². The minimum atomic E-state index is 0.377. The summed E-state index contributed by atoms with van der Waals surface area (Å²) in [7, 11) is 0. The average molecular weight is 282 g/mol. The Morgan fingerprint density at radius 1 is 1.16 bits per heavy atom. The number of halogens is 1. The normalized spacial score (nSPS) is 14.4. The van der Waals surface area contributed by atoms with Crippen LogP contribution >= 0.6 is 11.6 Å². The fourth-order valence-electron chi connectivity index (χ4n) is 2.28. The van der Waals surface area contributed by atoms with Crippen molar-refractivity contribution in [3.8, 4) is 0 Å². The van der Waals surface area contributed by atoms with Gasteiger partial charge in [0.2, 0.25) is 0 Å². The van der Waals surface area contributed by atoms with Crippen molar-refractivity contribution < 1.29 is 0 Å². The molecule has 1 nitrogen and oxygen atoms in total. The minimum Gasteiger partial charge on any atom is -0.310 e. The lowest BCUT2D eigenvalue weighted by atomic mass is 9.92. The molecule has 0 saturated carbocycles. The van der Waals surface area contributed by atoms with E-state index < -0.39 is 0 Å². The Kier molecular flexibility index (Phi) is 6.88. The largest absolute Gasteiger partial charge is 0.310 e. The molecule has 0 aliphatic rings. The molecule has 0 aliphatic heterocycles. The van der Waals surface area contributed by atoms with Crippen LogP contribution in [-0.2, 0) is 0 Å². The first kappa shape index (κ1) is 16.5. The Morgan fingerprint density at radius 2 is 1.79 bits per heavy atom. The van der Waals surface area contributed by atoms with Crippen LogP contribution in [0.4, 0.5) is 0 Å². The van der Waals surface area contributed by atoms with Gasteiger partial charge in [-0.05, 0) is 61.9 Å².